The minimum atomic E-state index is -0.385. The van der Waals surface area contributed by atoms with Crippen LogP contribution in [0.1, 0.15) is 40.4 Å². The fourth-order valence-corrected chi connectivity index (χ4v) is 3.71. The number of benzene rings is 3. The monoisotopic (exact) mass is 356 g/mol. The molecule has 0 bridgehead atoms. The van der Waals surface area contributed by atoms with Crippen LogP contribution >= 0.6 is 0 Å². The van der Waals surface area contributed by atoms with Crippen LogP contribution in [0.15, 0.2) is 78.9 Å². The highest BCUT2D eigenvalue weighted by Gasteiger charge is 2.32. The summed E-state index contributed by atoms with van der Waals surface area (Å²) in [4.78, 5) is 14.1. The summed E-state index contributed by atoms with van der Waals surface area (Å²) < 4.78 is 0. The van der Waals surface area contributed by atoms with Crippen LogP contribution in [0.3, 0.4) is 0 Å². The van der Waals surface area contributed by atoms with E-state index in [1.165, 1.54) is 29.5 Å². The van der Waals surface area contributed by atoms with E-state index in [0.29, 0.717) is 11.6 Å². The quantitative estimate of drug-likeness (QED) is 0.699. The highest BCUT2D eigenvalue weighted by molar-refractivity contribution is 5.92. The second kappa shape index (κ2) is 7.37. The highest BCUT2D eigenvalue weighted by atomic mass is 16.1. The highest BCUT2D eigenvalue weighted by Crippen LogP contribution is 2.37. The SMILES string of the molecule is CN(C1CC1)C(c1ccc(-c2ccccc2)cc1)c1cccc(C(N)=O)c1. The maximum atomic E-state index is 11.6. The number of carbonyl (C=O) groups is 1. The van der Waals surface area contributed by atoms with Crippen LogP contribution in [0.25, 0.3) is 11.1 Å². The molecular weight excluding hydrogens is 332 g/mol. The molecule has 3 aromatic rings. The first-order chi connectivity index (χ1) is 13.1. The van der Waals surface area contributed by atoms with Gasteiger partial charge in [0.1, 0.15) is 0 Å². The molecule has 4 rings (SSSR count). The van der Waals surface area contributed by atoms with Crippen LogP contribution in [0.4, 0.5) is 0 Å². The zero-order valence-electron chi connectivity index (χ0n) is 15.5. The predicted octanol–water partition coefficient (Wildman–Crippen LogP) is 4.64. The Bertz CT molecular complexity index is 930. The number of nitrogens with zero attached hydrogens (tertiary/aromatic N) is 1. The third-order valence-corrected chi connectivity index (χ3v) is 5.35. The van der Waals surface area contributed by atoms with Gasteiger partial charge < -0.3 is 5.73 Å². The van der Waals surface area contributed by atoms with E-state index in [9.17, 15) is 4.79 Å². The Morgan fingerprint density at radius 3 is 2.19 bits per heavy atom. The Kier molecular flexibility index (Phi) is 4.78. The molecule has 1 amide bonds. The van der Waals surface area contributed by atoms with Crippen molar-refractivity contribution < 1.29 is 4.79 Å². The summed E-state index contributed by atoms with van der Waals surface area (Å²) in [5, 5.41) is 0. The van der Waals surface area contributed by atoms with Crippen LogP contribution in [0, 0.1) is 0 Å². The molecule has 1 aliphatic rings. The molecule has 1 saturated carbocycles. The van der Waals surface area contributed by atoms with E-state index in [0.717, 1.165) is 5.56 Å². The van der Waals surface area contributed by atoms with Gasteiger partial charge in [0, 0.05) is 11.6 Å². The first kappa shape index (κ1) is 17.5. The molecule has 1 aliphatic carbocycles. The van der Waals surface area contributed by atoms with E-state index in [2.05, 4.69) is 66.5 Å². The van der Waals surface area contributed by atoms with Gasteiger partial charge in [-0.05, 0) is 54.3 Å². The third-order valence-electron chi connectivity index (χ3n) is 5.35. The lowest BCUT2D eigenvalue weighted by Gasteiger charge is -2.29. The fraction of sp³-hybridized carbons (Fsp3) is 0.208. The van der Waals surface area contributed by atoms with Crippen molar-refractivity contribution in [2.75, 3.05) is 7.05 Å². The molecule has 1 unspecified atom stereocenters. The van der Waals surface area contributed by atoms with Crippen LogP contribution in [0.5, 0.6) is 0 Å². The van der Waals surface area contributed by atoms with Crippen molar-refractivity contribution in [1.29, 1.82) is 0 Å². The minimum Gasteiger partial charge on any atom is -0.366 e. The van der Waals surface area contributed by atoms with Gasteiger partial charge in [-0.15, -0.1) is 0 Å². The zero-order valence-corrected chi connectivity index (χ0v) is 15.5. The first-order valence-corrected chi connectivity index (χ1v) is 9.40. The lowest BCUT2D eigenvalue weighted by Crippen LogP contribution is -2.28. The standard InChI is InChI=1S/C24H24N2O/c1-26(22-14-15-22)23(20-8-5-9-21(16-20)24(25)27)19-12-10-18(11-13-19)17-6-3-2-4-7-17/h2-13,16,22-23H,14-15H2,1H3,(H2,25,27). The van der Waals surface area contributed by atoms with Gasteiger partial charge in [-0.2, -0.15) is 0 Å². The van der Waals surface area contributed by atoms with Gasteiger partial charge in [0.15, 0.2) is 0 Å². The number of hydrogen-bond acceptors (Lipinski definition) is 2. The van der Waals surface area contributed by atoms with Crippen molar-refractivity contribution in [1.82, 2.24) is 4.90 Å². The summed E-state index contributed by atoms with van der Waals surface area (Å²) in [5.41, 5.74) is 10.8. The fourth-order valence-electron chi connectivity index (χ4n) is 3.71. The Morgan fingerprint density at radius 1 is 0.889 bits per heavy atom. The molecule has 3 nitrogen and oxygen atoms in total. The Labute approximate surface area is 160 Å². The van der Waals surface area contributed by atoms with Crippen molar-refractivity contribution in [2.24, 2.45) is 5.73 Å². The molecule has 1 fully saturated rings. The second-order valence-electron chi connectivity index (χ2n) is 7.28. The van der Waals surface area contributed by atoms with E-state index in [4.69, 9.17) is 5.73 Å². The van der Waals surface area contributed by atoms with Gasteiger partial charge in [-0.25, -0.2) is 0 Å². The molecule has 0 spiro atoms. The van der Waals surface area contributed by atoms with Gasteiger partial charge >= 0.3 is 0 Å². The van der Waals surface area contributed by atoms with E-state index in [-0.39, 0.29) is 11.9 Å². The number of hydrogen-bond donors (Lipinski definition) is 1. The van der Waals surface area contributed by atoms with Gasteiger partial charge in [0.05, 0.1) is 6.04 Å². The number of rotatable bonds is 6. The Morgan fingerprint density at radius 2 is 1.56 bits per heavy atom. The summed E-state index contributed by atoms with van der Waals surface area (Å²) >= 11 is 0. The topological polar surface area (TPSA) is 46.3 Å². The summed E-state index contributed by atoms with van der Waals surface area (Å²) in [6.45, 7) is 0. The van der Waals surface area contributed by atoms with E-state index < -0.39 is 0 Å². The van der Waals surface area contributed by atoms with E-state index in [1.807, 2.05) is 18.2 Å². The third kappa shape index (κ3) is 3.79. The molecule has 0 heterocycles. The lowest BCUT2D eigenvalue weighted by molar-refractivity contribution is 0.1000. The van der Waals surface area contributed by atoms with Crippen molar-refractivity contribution in [3.63, 3.8) is 0 Å². The molecule has 0 saturated heterocycles. The van der Waals surface area contributed by atoms with Gasteiger partial charge in [0.25, 0.3) is 0 Å². The summed E-state index contributed by atoms with van der Waals surface area (Å²) in [7, 11) is 2.17. The average molecular weight is 356 g/mol. The average Bonchev–Trinajstić information content (AvgIpc) is 3.55. The van der Waals surface area contributed by atoms with E-state index >= 15 is 0 Å². The molecule has 2 N–H and O–H groups in total. The van der Waals surface area contributed by atoms with Crippen LogP contribution < -0.4 is 5.73 Å². The summed E-state index contributed by atoms with van der Waals surface area (Å²) in [6.07, 6.45) is 2.45. The van der Waals surface area contributed by atoms with Crippen molar-refractivity contribution >= 4 is 5.91 Å². The summed E-state index contributed by atoms with van der Waals surface area (Å²) in [5.74, 6) is -0.385. The number of primary amides is 1. The maximum Gasteiger partial charge on any atom is 0.248 e. The smallest absolute Gasteiger partial charge is 0.248 e. The number of carbonyl (C=O) groups excluding carboxylic acids is 1. The molecule has 27 heavy (non-hydrogen) atoms. The van der Waals surface area contributed by atoms with Crippen molar-refractivity contribution in [3.8, 4) is 11.1 Å². The molecule has 3 heteroatoms. The molecule has 0 radical (unpaired) electrons. The Balaban J connectivity index is 1.71. The minimum absolute atomic E-state index is 0.113. The van der Waals surface area contributed by atoms with E-state index in [1.54, 1.807) is 6.07 Å². The normalized spacial score (nSPS) is 14.9. The van der Waals surface area contributed by atoms with Gasteiger partial charge in [-0.1, -0.05) is 66.7 Å². The molecule has 0 aromatic heterocycles. The predicted molar refractivity (Wildman–Crippen MR) is 109 cm³/mol. The molecular formula is C24H24N2O. The first-order valence-electron chi connectivity index (χ1n) is 9.40. The maximum absolute atomic E-state index is 11.6. The van der Waals surface area contributed by atoms with Crippen LogP contribution in [-0.2, 0) is 0 Å². The van der Waals surface area contributed by atoms with Crippen LogP contribution in [0.2, 0.25) is 0 Å². The lowest BCUT2D eigenvalue weighted by atomic mass is 9.94. The zero-order chi connectivity index (χ0) is 18.8. The molecule has 1 atom stereocenters. The summed E-state index contributed by atoms with van der Waals surface area (Å²) in [6, 6.07) is 27.6. The van der Waals surface area contributed by atoms with Crippen LogP contribution in [-0.4, -0.2) is 23.9 Å². The molecule has 136 valence electrons. The van der Waals surface area contributed by atoms with Crippen molar-refractivity contribution in [3.05, 3.63) is 95.6 Å². The molecule has 0 aliphatic heterocycles. The number of nitrogens with two attached hydrogens (primary N) is 1. The Hall–Kier alpha value is -2.91. The van der Waals surface area contributed by atoms with Gasteiger partial charge in [0.2, 0.25) is 5.91 Å². The van der Waals surface area contributed by atoms with Gasteiger partial charge in [-0.3, -0.25) is 9.69 Å². The number of amides is 1. The molecule has 3 aromatic carbocycles. The largest absolute Gasteiger partial charge is 0.366 e. The van der Waals surface area contributed by atoms with Crippen molar-refractivity contribution in [2.45, 2.75) is 24.9 Å². The second-order valence-corrected chi connectivity index (χ2v) is 7.28.